The third kappa shape index (κ3) is 3.76. The van der Waals surface area contributed by atoms with Crippen LogP contribution in [-0.4, -0.2) is 52.6 Å². The Morgan fingerprint density at radius 1 is 1.38 bits per heavy atom. The van der Waals surface area contributed by atoms with E-state index in [9.17, 15) is 19.7 Å². The first-order valence-electron chi connectivity index (χ1n) is 6.33. The maximum absolute atomic E-state index is 12.1. The highest BCUT2D eigenvalue weighted by Crippen LogP contribution is 2.14. The van der Waals surface area contributed by atoms with E-state index in [2.05, 4.69) is 0 Å². The lowest BCUT2D eigenvalue weighted by Gasteiger charge is -2.30. The van der Waals surface area contributed by atoms with Crippen molar-refractivity contribution in [2.45, 2.75) is 12.5 Å². The molecule has 2 rings (SSSR count). The van der Waals surface area contributed by atoms with Crippen molar-refractivity contribution in [1.29, 1.82) is 0 Å². The molecule has 1 aliphatic rings. The number of carboxylic acids is 1. The van der Waals surface area contributed by atoms with Crippen LogP contribution in [0.5, 0.6) is 0 Å². The number of rotatable bonds is 4. The lowest BCUT2D eigenvalue weighted by atomic mass is 10.1. The van der Waals surface area contributed by atoms with Crippen molar-refractivity contribution in [3.05, 3.63) is 39.9 Å². The van der Waals surface area contributed by atoms with Gasteiger partial charge < -0.3 is 14.7 Å². The molecule has 0 radical (unpaired) electrons. The van der Waals surface area contributed by atoms with Gasteiger partial charge in [-0.05, 0) is 5.56 Å². The Kier molecular flexibility index (Phi) is 4.49. The zero-order valence-corrected chi connectivity index (χ0v) is 11.1. The van der Waals surface area contributed by atoms with E-state index in [1.54, 1.807) is 0 Å². The monoisotopic (exact) mass is 294 g/mol. The molecule has 0 aliphatic carbocycles. The van der Waals surface area contributed by atoms with E-state index >= 15 is 0 Å². The number of carboxylic acid groups (broad SMARTS) is 1. The van der Waals surface area contributed by atoms with Gasteiger partial charge in [0.1, 0.15) is 0 Å². The SMILES string of the molecule is O=C(O)C1CN(C(=O)Cc2ccc([N+](=O)[O-])cc2)CCO1. The van der Waals surface area contributed by atoms with Crippen LogP contribution in [0, 0.1) is 10.1 Å². The molecule has 21 heavy (non-hydrogen) atoms. The Morgan fingerprint density at radius 3 is 2.62 bits per heavy atom. The Labute approximate surface area is 120 Å². The van der Waals surface area contributed by atoms with Crippen molar-refractivity contribution in [3.8, 4) is 0 Å². The highest BCUT2D eigenvalue weighted by Gasteiger charge is 2.28. The van der Waals surface area contributed by atoms with Crippen LogP contribution in [-0.2, 0) is 20.7 Å². The van der Waals surface area contributed by atoms with Gasteiger partial charge in [0.2, 0.25) is 5.91 Å². The number of hydrogen-bond acceptors (Lipinski definition) is 5. The van der Waals surface area contributed by atoms with E-state index in [1.165, 1.54) is 29.2 Å². The fourth-order valence-electron chi connectivity index (χ4n) is 2.05. The van der Waals surface area contributed by atoms with E-state index in [4.69, 9.17) is 9.84 Å². The Bertz CT molecular complexity index is 556. The number of nitro benzene ring substituents is 1. The van der Waals surface area contributed by atoms with Gasteiger partial charge in [0, 0.05) is 18.7 Å². The van der Waals surface area contributed by atoms with E-state index in [0.29, 0.717) is 12.1 Å². The third-order valence-corrected chi connectivity index (χ3v) is 3.20. The topological polar surface area (TPSA) is 110 Å². The van der Waals surface area contributed by atoms with E-state index in [-0.39, 0.29) is 31.2 Å². The second-order valence-electron chi connectivity index (χ2n) is 4.64. The molecule has 0 spiro atoms. The van der Waals surface area contributed by atoms with Crippen molar-refractivity contribution in [1.82, 2.24) is 4.90 Å². The second-order valence-corrected chi connectivity index (χ2v) is 4.64. The molecule has 1 unspecified atom stereocenters. The summed E-state index contributed by atoms with van der Waals surface area (Å²) in [5.41, 5.74) is 0.604. The maximum Gasteiger partial charge on any atom is 0.334 e. The number of carbonyl (C=O) groups excluding carboxylic acids is 1. The summed E-state index contributed by atoms with van der Waals surface area (Å²) in [6.45, 7) is 0.541. The standard InChI is InChI=1S/C13H14N2O6/c16-12(14-5-6-21-11(8-14)13(17)18)7-9-1-3-10(4-2-9)15(19)20/h1-4,11H,5-8H2,(H,17,18). The molecule has 1 amide bonds. The first-order valence-corrected chi connectivity index (χ1v) is 6.33. The number of aliphatic carboxylic acids is 1. The minimum atomic E-state index is -1.09. The quantitative estimate of drug-likeness (QED) is 0.637. The van der Waals surface area contributed by atoms with Gasteiger partial charge in [0.05, 0.1) is 24.5 Å². The van der Waals surface area contributed by atoms with E-state index in [1.807, 2.05) is 0 Å². The summed E-state index contributed by atoms with van der Waals surface area (Å²) in [5.74, 6) is -1.32. The molecule has 1 atom stereocenters. The summed E-state index contributed by atoms with van der Waals surface area (Å²) in [6.07, 6.45) is -0.927. The number of amides is 1. The van der Waals surface area contributed by atoms with Crippen LogP contribution in [0.15, 0.2) is 24.3 Å². The zero-order chi connectivity index (χ0) is 15.4. The minimum Gasteiger partial charge on any atom is -0.479 e. The van der Waals surface area contributed by atoms with Gasteiger partial charge in [0.15, 0.2) is 6.10 Å². The fraction of sp³-hybridized carbons (Fsp3) is 0.385. The zero-order valence-electron chi connectivity index (χ0n) is 11.1. The fourth-order valence-corrected chi connectivity index (χ4v) is 2.05. The smallest absolute Gasteiger partial charge is 0.334 e. The summed E-state index contributed by atoms with van der Waals surface area (Å²) in [4.78, 5) is 34.4. The molecule has 1 aromatic rings. The van der Waals surface area contributed by atoms with Gasteiger partial charge in [-0.1, -0.05) is 12.1 Å². The first-order chi connectivity index (χ1) is 9.97. The van der Waals surface area contributed by atoms with Crippen molar-refractivity contribution in [3.63, 3.8) is 0 Å². The van der Waals surface area contributed by atoms with Crippen LogP contribution in [0.3, 0.4) is 0 Å². The van der Waals surface area contributed by atoms with Gasteiger partial charge >= 0.3 is 5.97 Å². The van der Waals surface area contributed by atoms with Crippen LogP contribution in [0.4, 0.5) is 5.69 Å². The minimum absolute atomic E-state index is 0.0150. The number of hydrogen-bond donors (Lipinski definition) is 1. The molecule has 1 heterocycles. The lowest BCUT2D eigenvalue weighted by molar-refractivity contribution is -0.384. The molecule has 0 aromatic heterocycles. The maximum atomic E-state index is 12.1. The Hall–Kier alpha value is -2.48. The number of carbonyl (C=O) groups is 2. The highest BCUT2D eigenvalue weighted by molar-refractivity contribution is 5.80. The van der Waals surface area contributed by atoms with Crippen LogP contribution in [0.2, 0.25) is 0 Å². The second kappa shape index (κ2) is 6.31. The number of non-ortho nitro benzene ring substituents is 1. The predicted octanol–water partition coefficient (Wildman–Crippen LogP) is 0.449. The summed E-state index contributed by atoms with van der Waals surface area (Å²) >= 11 is 0. The molecule has 0 bridgehead atoms. The van der Waals surface area contributed by atoms with Gasteiger partial charge in [0.25, 0.3) is 5.69 Å². The van der Waals surface area contributed by atoms with Crippen LogP contribution >= 0.6 is 0 Å². The number of ether oxygens (including phenoxy) is 1. The van der Waals surface area contributed by atoms with Gasteiger partial charge in [-0.15, -0.1) is 0 Å². The van der Waals surface area contributed by atoms with Crippen molar-refractivity contribution in [2.24, 2.45) is 0 Å². The van der Waals surface area contributed by atoms with Crippen LogP contribution < -0.4 is 0 Å². The average molecular weight is 294 g/mol. The first kappa shape index (κ1) is 14.9. The summed E-state index contributed by atoms with van der Waals surface area (Å²) < 4.78 is 5.04. The molecule has 1 fully saturated rings. The molecule has 8 nitrogen and oxygen atoms in total. The summed E-state index contributed by atoms with van der Waals surface area (Å²) in [7, 11) is 0. The molecule has 1 N–H and O–H groups in total. The Balaban J connectivity index is 1.97. The van der Waals surface area contributed by atoms with Crippen molar-refractivity contribution >= 4 is 17.6 Å². The molecular formula is C13H14N2O6. The molecule has 112 valence electrons. The van der Waals surface area contributed by atoms with E-state index < -0.39 is 17.0 Å². The average Bonchev–Trinajstić information content (AvgIpc) is 2.48. The predicted molar refractivity (Wildman–Crippen MR) is 70.8 cm³/mol. The third-order valence-electron chi connectivity index (χ3n) is 3.20. The summed E-state index contributed by atoms with van der Waals surface area (Å²) in [5, 5.41) is 19.4. The molecule has 1 aromatic carbocycles. The van der Waals surface area contributed by atoms with E-state index in [0.717, 1.165) is 0 Å². The van der Waals surface area contributed by atoms with Gasteiger partial charge in [-0.2, -0.15) is 0 Å². The molecule has 1 saturated heterocycles. The van der Waals surface area contributed by atoms with Crippen LogP contribution in [0.25, 0.3) is 0 Å². The van der Waals surface area contributed by atoms with Gasteiger partial charge in [-0.3, -0.25) is 14.9 Å². The van der Waals surface area contributed by atoms with Gasteiger partial charge in [-0.25, -0.2) is 4.79 Å². The summed E-state index contributed by atoms with van der Waals surface area (Å²) in [6, 6.07) is 5.71. The highest BCUT2D eigenvalue weighted by atomic mass is 16.6. The molecule has 0 saturated carbocycles. The number of benzene rings is 1. The lowest BCUT2D eigenvalue weighted by Crippen LogP contribution is -2.49. The van der Waals surface area contributed by atoms with Crippen molar-refractivity contribution < 1.29 is 24.4 Å². The number of nitrogens with zero attached hydrogens (tertiary/aromatic N) is 2. The van der Waals surface area contributed by atoms with Crippen molar-refractivity contribution in [2.75, 3.05) is 19.7 Å². The molecular weight excluding hydrogens is 280 g/mol. The Morgan fingerprint density at radius 2 is 2.05 bits per heavy atom. The molecule has 8 heteroatoms. The largest absolute Gasteiger partial charge is 0.479 e. The number of nitro groups is 1. The molecule has 1 aliphatic heterocycles. The van der Waals surface area contributed by atoms with Crippen LogP contribution in [0.1, 0.15) is 5.56 Å². The normalized spacial score (nSPS) is 18.3. The number of morpholine rings is 1.